The van der Waals surface area contributed by atoms with E-state index >= 15 is 0 Å². The highest BCUT2D eigenvalue weighted by molar-refractivity contribution is 5.51. The monoisotopic (exact) mass is 260 g/mol. The van der Waals surface area contributed by atoms with E-state index in [0.29, 0.717) is 0 Å². The van der Waals surface area contributed by atoms with Crippen LogP contribution in [-0.4, -0.2) is 19.6 Å². The van der Waals surface area contributed by atoms with Crippen LogP contribution in [-0.2, 0) is 6.54 Å². The predicted octanol–water partition coefficient (Wildman–Crippen LogP) is 3.73. The Bertz CT molecular complexity index is 400. The molecule has 0 bridgehead atoms. The minimum Gasteiger partial charge on any atom is -0.371 e. The summed E-state index contributed by atoms with van der Waals surface area (Å²) in [5, 5.41) is 3.48. The number of hydrogen-bond donors (Lipinski definition) is 1. The maximum Gasteiger partial charge on any atom is 0.0369 e. The van der Waals surface area contributed by atoms with Gasteiger partial charge in [0.2, 0.25) is 0 Å². The first-order chi connectivity index (χ1) is 9.24. The van der Waals surface area contributed by atoms with Crippen molar-refractivity contribution in [3.05, 3.63) is 29.3 Å². The van der Waals surface area contributed by atoms with Crippen molar-refractivity contribution in [2.75, 3.05) is 24.5 Å². The lowest BCUT2D eigenvalue weighted by molar-refractivity contribution is 0.569. The molecule has 0 amide bonds. The molecule has 1 saturated heterocycles. The molecule has 1 N–H and O–H groups in total. The number of hydrogen-bond acceptors (Lipinski definition) is 2. The van der Waals surface area contributed by atoms with Crippen molar-refractivity contribution in [1.29, 1.82) is 0 Å². The maximum absolute atomic E-state index is 3.48. The summed E-state index contributed by atoms with van der Waals surface area (Å²) < 4.78 is 0. The molecular formula is C17H28N2. The number of aryl methyl sites for hydroxylation is 1. The Balaban J connectivity index is 1.98. The van der Waals surface area contributed by atoms with Gasteiger partial charge in [-0.1, -0.05) is 26.3 Å². The van der Waals surface area contributed by atoms with Gasteiger partial charge in [0, 0.05) is 25.3 Å². The molecule has 1 aliphatic heterocycles. The standard InChI is InChI=1S/C17H28N2/c1-4-9-18-12-16-6-7-17(11-14(16)3)19-10-8-15(5-2)13-19/h6-7,11,15,18H,4-5,8-10,12-13H2,1-3H3. The second-order valence-corrected chi connectivity index (χ2v) is 5.80. The molecule has 1 aromatic rings. The summed E-state index contributed by atoms with van der Waals surface area (Å²) in [6.07, 6.45) is 3.87. The normalized spacial score (nSPS) is 19.1. The molecule has 1 atom stereocenters. The van der Waals surface area contributed by atoms with Gasteiger partial charge >= 0.3 is 0 Å². The quantitative estimate of drug-likeness (QED) is 0.784. The molecule has 1 aromatic carbocycles. The van der Waals surface area contributed by atoms with Gasteiger partial charge < -0.3 is 10.2 Å². The zero-order chi connectivity index (χ0) is 13.7. The molecule has 1 fully saturated rings. The molecule has 0 saturated carbocycles. The van der Waals surface area contributed by atoms with Gasteiger partial charge in [0.25, 0.3) is 0 Å². The third-order valence-corrected chi connectivity index (χ3v) is 4.30. The SMILES string of the molecule is CCCNCc1ccc(N2CCC(CC)C2)cc1C. The van der Waals surface area contributed by atoms with Crippen LogP contribution >= 0.6 is 0 Å². The Morgan fingerprint density at radius 1 is 1.32 bits per heavy atom. The highest BCUT2D eigenvalue weighted by Gasteiger charge is 2.21. The van der Waals surface area contributed by atoms with E-state index in [0.717, 1.165) is 19.0 Å². The fourth-order valence-electron chi connectivity index (χ4n) is 2.88. The van der Waals surface area contributed by atoms with Crippen LogP contribution < -0.4 is 10.2 Å². The molecule has 1 heterocycles. The van der Waals surface area contributed by atoms with Crippen LogP contribution in [0.5, 0.6) is 0 Å². The predicted molar refractivity (Wildman–Crippen MR) is 83.8 cm³/mol. The molecule has 0 radical (unpaired) electrons. The third kappa shape index (κ3) is 3.73. The summed E-state index contributed by atoms with van der Waals surface area (Å²) in [7, 11) is 0. The largest absolute Gasteiger partial charge is 0.371 e. The first kappa shape index (κ1) is 14.4. The fourth-order valence-corrected chi connectivity index (χ4v) is 2.88. The first-order valence-corrected chi connectivity index (χ1v) is 7.79. The van der Waals surface area contributed by atoms with Gasteiger partial charge in [-0.15, -0.1) is 0 Å². The molecule has 2 heteroatoms. The van der Waals surface area contributed by atoms with Gasteiger partial charge in [0.1, 0.15) is 0 Å². The Morgan fingerprint density at radius 3 is 2.79 bits per heavy atom. The van der Waals surface area contributed by atoms with Crippen LogP contribution in [0.25, 0.3) is 0 Å². The molecule has 0 aromatic heterocycles. The Hall–Kier alpha value is -1.02. The van der Waals surface area contributed by atoms with E-state index in [1.807, 2.05) is 0 Å². The minimum absolute atomic E-state index is 0.895. The van der Waals surface area contributed by atoms with Gasteiger partial charge in [0.05, 0.1) is 0 Å². The summed E-state index contributed by atoms with van der Waals surface area (Å²) in [5.74, 6) is 0.895. The Labute approximate surface area is 118 Å². The second kappa shape index (κ2) is 6.95. The van der Waals surface area contributed by atoms with E-state index in [1.165, 1.54) is 49.2 Å². The van der Waals surface area contributed by atoms with Crippen molar-refractivity contribution >= 4 is 5.69 Å². The average Bonchev–Trinajstić information content (AvgIpc) is 2.89. The molecule has 19 heavy (non-hydrogen) atoms. The number of rotatable bonds is 6. The molecule has 0 aliphatic carbocycles. The fraction of sp³-hybridized carbons (Fsp3) is 0.647. The van der Waals surface area contributed by atoms with E-state index in [4.69, 9.17) is 0 Å². The van der Waals surface area contributed by atoms with Crippen LogP contribution in [0.3, 0.4) is 0 Å². The van der Waals surface area contributed by atoms with Crippen molar-refractivity contribution in [3.8, 4) is 0 Å². The Kier molecular flexibility index (Phi) is 5.26. The van der Waals surface area contributed by atoms with E-state index in [9.17, 15) is 0 Å². The number of benzene rings is 1. The van der Waals surface area contributed by atoms with E-state index in [2.05, 4.69) is 49.2 Å². The zero-order valence-electron chi connectivity index (χ0n) is 12.7. The van der Waals surface area contributed by atoms with Gasteiger partial charge in [-0.3, -0.25) is 0 Å². The molecule has 106 valence electrons. The summed E-state index contributed by atoms with van der Waals surface area (Å²) >= 11 is 0. The molecule has 2 rings (SSSR count). The van der Waals surface area contributed by atoms with Crippen LogP contribution in [0.15, 0.2) is 18.2 Å². The zero-order valence-corrected chi connectivity index (χ0v) is 12.7. The second-order valence-electron chi connectivity index (χ2n) is 5.80. The smallest absolute Gasteiger partial charge is 0.0369 e. The lowest BCUT2D eigenvalue weighted by Crippen LogP contribution is -2.20. The van der Waals surface area contributed by atoms with Crippen molar-refractivity contribution in [2.24, 2.45) is 5.92 Å². The van der Waals surface area contributed by atoms with E-state index in [-0.39, 0.29) is 0 Å². The van der Waals surface area contributed by atoms with Gasteiger partial charge in [0.15, 0.2) is 0 Å². The minimum atomic E-state index is 0.895. The summed E-state index contributed by atoms with van der Waals surface area (Å²) in [6.45, 7) is 11.3. The van der Waals surface area contributed by atoms with Crippen molar-refractivity contribution in [3.63, 3.8) is 0 Å². The van der Waals surface area contributed by atoms with Gasteiger partial charge in [-0.25, -0.2) is 0 Å². The summed E-state index contributed by atoms with van der Waals surface area (Å²) in [4.78, 5) is 2.55. The molecule has 0 spiro atoms. The lowest BCUT2D eigenvalue weighted by Gasteiger charge is -2.20. The summed E-state index contributed by atoms with van der Waals surface area (Å²) in [6, 6.07) is 6.96. The number of nitrogens with one attached hydrogen (secondary N) is 1. The Morgan fingerprint density at radius 2 is 2.16 bits per heavy atom. The average molecular weight is 260 g/mol. The lowest BCUT2D eigenvalue weighted by atomic mass is 10.1. The van der Waals surface area contributed by atoms with Crippen LogP contribution in [0.2, 0.25) is 0 Å². The van der Waals surface area contributed by atoms with Crippen LogP contribution in [0.4, 0.5) is 5.69 Å². The molecular weight excluding hydrogens is 232 g/mol. The van der Waals surface area contributed by atoms with Crippen LogP contribution in [0.1, 0.15) is 44.2 Å². The van der Waals surface area contributed by atoms with Gasteiger partial charge in [-0.2, -0.15) is 0 Å². The topological polar surface area (TPSA) is 15.3 Å². The van der Waals surface area contributed by atoms with Crippen molar-refractivity contribution in [2.45, 2.75) is 46.6 Å². The highest BCUT2D eigenvalue weighted by atomic mass is 15.1. The number of anilines is 1. The maximum atomic E-state index is 3.48. The molecule has 1 unspecified atom stereocenters. The molecule has 2 nitrogen and oxygen atoms in total. The van der Waals surface area contributed by atoms with Crippen molar-refractivity contribution < 1.29 is 0 Å². The highest BCUT2D eigenvalue weighted by Crippen LogP contribution is 2.27. The van der Waals surface area contributed by atoms with Crippen LogP contribution in [0, 0.1) is 12.8 Å². The third-order valence-electron chi connectivity index (χ3n) is 4.30. The van der Waals surface area contributed by atoms with Gasteiger partial charge in [-0.05, 0) is 55.5 Å². The number of nitrogens with zero attached hydrogens (tertiary/aromatic N) is 1. The van der Waals surface area contributed by atoms with Crippen molar-refractivity contribution in [1.82, 2.24) is 5.32 Å². The molecule has 1 aliphatic rings. The van der Waals surface area contributed by atoms with E-state index < -0.39 is 0 Å². The first-order valence-electron chi connectivity index (χ1n) is 7.79. The van der Waals surface area contributed by atoms with E-state index in [1.54, 1.807) is 0 Å². The summed E-state index contributed by atoms with van der Waals surface area (Å²) in [5.41, 5.74) is 4.26.